The first-order valence-corrected chi connectivity index (χ1v) is 7.72. The van der Waals surface area contributed by atoms with Crippen LogP contribution in [0.4, 0.5) is 0 Å². The molecule has 0 aliphatic heterocycles. The zero-order valence-corrected chi connectivity index (χ0v) is 12.8. The van der Waals surface area contributed by atoms with Gasteiger partial charge in [0.1, 0.15) is 5.88 Å². The van der Waals surface area contributed by atoms with Gasteiger partial charge < -0.3 is 4.90 Å². The molecule has 0 N–H and O–H groups in total. The Hall–Kier alpha value is -0.940. The van der Waals surface area contributed by atoms with Gasteiger partial charge in [0, 0.05) is 5.70 Å². The summed E-state index contributed by atoms with van der Waals surface area (Å²) in [4.78, 5) is 13.9. The minimum absolute atomic E-state index is 0.00106. The quantitative estimate of drug-likeness (QED) is 0.802. The molecule has 0 aromatic carbocycles. The van der Waals surface area contributed by atoms with Gasteiger partial charge in [-0.2, -0.15) is 8.75 Å². The summed E-state index contributed by atoms with van der Waals surface area (Å²) in [7, 11) is 0. The lowest BCUT2D eigenvalue weighted by atomic mass is 9.88. The van der Waals surface area contributed by atoms with E-state index in [0.717, 1.165) is 36.0 Å². The highest BCUT2D eigenvalue weighted by Gasteiger charge is 2.27. The van der Waals surface area contributed by atoms with Crippen molar-refractivity contribution in [3.63, 3.8) is 0 Å². The fraction of sp³-hybridized carbons (Fsp3) is 0.615. The molecular formula is C13H18ClN3OS. The van der Waals surface area contributed by atoms with E-state index in [0.29, 0.717) is 12.5 Å². The molecule has 0 saturated carbocycles. The van der Waals surface area contributed by atoms with Crippen molar-refractivity contribution in [1.82, 2.24) is 13.6 Å². The van der Waals surface area contributed by atoms with E-state index in [9.17, 15) is 4.79 Å². The Bertz CT molecular complexity index is 472. The van der Waals surface area contributed by atoms with Crippen LogP contribution in [0.15, 0.2) is 17.5 Å². The molecule has 19 heavy (non-hydrogen) atoms. The number of carbonyl (C=O) groups is 1. The van der Waals surface area contributed by atoms with Crippen molar-refractivity contribution >= 4 is 29.2 Å². The van der Waals surface area contributed by atoms with Crippen LogP contribution < -0.4 is 0 Å². The first-order chi connectivity index (χ1) is 9.13. The summed E-state index contributed by atoms with van der Waals surface area (Å²) in [5.74, 6) is 0.339. The SMILES string of the molecule is CC1=C(N(Cc2cnsn2)C(=O)CCl)C(C)CCC1. The fourth-order valence-electron chi connectivity index (χ4n) is 2.65. The normalized spacial score (nSPS) is 19.6. The fourth-order valence-corrected chi connectivity index (χ4v) is 3.22. The van der Waals surface area contributed by atoms with Gasteiger partial charge in [0.2, 0.25) is 5.91 Å². The summed E-state index contributed by atoms with van der Waals surface area (Å²) >= 11 is 6.92. The van der Waals surface area contributed by atoms with E-state index in [1.165, 1.54) is 12.0 Å². The maximum absolute atomic E-state index is 12.1. The van der Waals surface area contributed by atoms with Crippen molar-refractivity contribution in [2.45, 2.75) is 39.7 Å². The van der Waals surface area contributed by atoms with Crippen molar-refractivity contribution in [3.8, 4) is 0 Å². The third kappa shape index (κ3) is 3.34. The maximum Gasteiger partial charge on any atom is 0.242 e. The van der Waals surface area contributed by atoms with E-state index >= 15 is 0 Å². The molecule has 6 heteroatoms. The lowest BCUT2D eigenvalue weighted by molar-refractivity contribution is -0.127. The third-order valence-electron chi connectivity index (χ3n) is 3.53. The van der Waals surface area contributed by atoms with Crippen LogP contribution in [0.5, 0.6) is 0 Å². The maximum atomic E-state index is 12.1. The number of allylic oxidation sites excluding steroid dienone is 2. The summed E-state index contributed by atoms with van der Waals surface area (Å²) in [6.45, 7) is 4.75. The average molecular weight is 300 g/mol. The van der Waals surface area contributed by atoms with Crippen molar-refractivity contribution in [1.29, 1.82) is 0 Å². The molecule has 1 unspecified atom stereocenters. The molecule has 0 bridgehead atoms. The predicted octanol–water partition coefficient (Wildman–Crippen LogP) is 3.20. The number of hydrogen-bond acceptors (Lipinski definition) is 4. The topological polar surface area (TPSA) is 46.1 Å². The molecule has 1 amide bonds. The minimum Gasteiger partial charge on any atom is -0.309 e. The van der Waals surface area contributed by atoms with Gasteiger partial charge in [-0.1, -0.05) is 12.5 Å². The van der Waals surface area contributed by atoms with Gasteiger partial charge >= 0.3 is 0 Å². The number of carbonyl (C=O) groups excluding carboxylic acids is 1. The Morgan fingerprint density at radius 3 is 3.00 bits per heavy atom. The first-order valence-electron chi connectivity index (χ1n) is 6.46. The van der Waals surface area contributed by atoms with E-state index in [1.807, 2.05) is 0 Å². The van der Waals surface area contributed by atoms with Crippen LogP contribution in [0.1, 0.15) is 38.8 Å². The molecule has 2 rings (SSSR count). The Morgan fingerprint density at radius 1 is 1.63 bits per heavy atom. The molecule has 0 saturated heterocycles. The van der Waals surface area contributed by atoms with E-state index < -0.39 is 0 Å². The second kappa shape index (κ2) is 6.48. The van der Waals surface area contributed by atoms with Gasteiger partial charge in [0.05, 0.1) is 30.2 Å². The standard InChI is InChI=1S/C13H18ClN3OS/c1-9-4-3-5-10(2)13(9)17(12(18)6-14)8-11-7-15-19-16-11/h7,9H,3-6,8H2,1-2H3. The molecule has 104 valence electrons. The van der Waals surface area contributed by atoms with Gasteiger partial charge in [-0.05, 0) is 32.1 Å². The van der Waals surface area contributed by atoms with Crippen molar-refractivity contribution < 1.29 is 4.79 Å². The summed E-state index contributed by atoms with van der Waals surface area (Å²) in [5, 5.41) is 0. The molecule has 1 aromatic heterocycles. The van der Waals surface area contributed by atoms with E-state index in [-0.39, 0.29) is 11.8 Å². The Balaban J connectivity index is 2.29. The van der Waals surface area contributed by atoms with Crippen LogP contribution in [0.25, 0.3) is 0 Å². The number of rotatable bonds is 4. The zero-order chi connectivity index (χ0) is 13.8. The van der Waals surface area contributed by atoms with Crippen LogP contribution in [-0.2, 0) is 11.3 Å². The van der Waals surface area contributed by atoms with E-state index in [2.05, 4.69) is 22.6 Å². The van der Waals surface area contributed by atoms with Crippen LogP contribution in [0, 0.1) is 5.92 Å². The van der Waals surface area contributed by atoms with Gasteiger partial charge in [-0.3, -0.25) is 4.79 Å². The summed E-state index contributed by atoms with van der Waals surface area (Å²) < 4.78 is 8.18. The van der Waals surface area contributed by atoms with Crippen LogP contribution in [-0.4, -0.2) is 25.4 Å². The Labute approximate surface area is 122 Å². The van der Waals surface area contributed by atoms with Crippen LogP contribution >= 0.6 is 23.3 Å². The average Bonchev–Trinajstić information content (AvgIpc) is 2.89. The summed E-state index contributed by atoms with van der Waals surface area (Å²) in [5.41, 5.74) is 3.24. The molecular weight excluding hydrogens is 282 g/mol. The van der Waals surface area contributed by atoms with Crippen molar-refractivity contribution in [2.24, 2.45) is 5.92 Å². The van der Waals surface area contributed by atoms with Crippen LogP contribution in [0.2, 0.25) is 0 Å². The molecule has 1 atom stereocenters. The van der Waals surface area contributed by atoms with Gasteiger partial charge in [0.15, 0.2) is 0 Å². The summed E-state index contributed by atoms with van der Waals surface area (Å²) in [6, 6.07) is 0. The number of alkyl halides is 1. The lowest BCUT2D eigenvalue weighted by Crippen LogP contribution is -2.35. The number of hydrogen-bond donors (Lipinski definition) is 0. The Morgan fingerprint density at radius 2 is 2.42 bits per heavy atom. The van der Waals surface area contributed by atoms with E-state index in [4.69, 9.17) is 11.6 Å². The molecule has 1 aliphatic carbocycles. The zero-order valence-electron chi connectivity index (χ0n) is 11.2. The highest BCUT2D eigenvalue weighted by molar-refractivity contribution is 6.99. The highest BCUT2D eigenvalue weighted by Crippen LogP contribution is 2.33. The van der Waals surface area contributed by atoms with Gasteiger partial charge in [-0.15, -0.1) is 11.6 Å². The van der Waals surface area contributed by atoms with Gasteiger partial charge in [0.25, 0.3) is 0 Å². The summed E-state index contributed by atoms with van der Waals surface area (Å²) in [6.07, 6.45) is 5.08. The molecule has 0 radical (unpaired) electrons. The molecule has 1 aromatic rings. The monoisotopic (exact) mass is 299 g/mol. The Kier molecular flexibility index (Phi) is 4.93. The number of halogens is 1. The third-order valence-corrected chi connectivity index (χ3v) is 4.27. The molecule has 0 spiro atoms. The highest BCUT2D eigenvalue weighted by atomic mass is 35.5. The van der Waals surface area contributed by atoms with E-state index in [1.54, 1.807) is 11.1 Å². The molecule has 0 fully saturated rings. The van der Waals surface area contributed by atoms with Crippen LogP contribution in [0.3, 0.4) is 0 Å². The number of amides is 1. The molecule has 1 heterocycles. The predicted molar refractivity (Wildman–Crippen MR) is 76.9 cm³/mol. The largest absolute Gasteiger partial charge is 0.309 e. The number of nitrogens with zero attached hydrogens (tertiary/aromatic N) is 3. The lowest BCUT2D eigenvalue weighted by Gasteiger charge is -2.33. The van der Waals surface area contributed by atoms with Crippen molar-refractivity contribution in [2.75, 3.05) is 5.88 Å². The van der Waals surface area contributed by atoms with Crippen molar-refractivity contribution in [3.05, 3.63) is 23.2 Å². The minimum atomic E-state index is -0.0576. The van der Waals surface area contributed by atoms with Gasteiger partial charge in [-0.25, -0.2) is 0 Å². The second-order valence-electron chi connectivity index (χ2n) is 4.97. The first kappa shape index (κ1) is 14.5. The molecule has 4 nitrogen and oxygen atoms in total. The number of aromatic nitrogens is 2. The second-order valence-corrected chi connectivity index (χ2v) is 5.80. The molecule has 1 aliphatic rings. The smallest absolute Gasteiger partial charge is 0.242 e.